The van der Waals surface area contributed by atoms with Crippen molar-refractivity contribution in [2.75, 3.05) is 6.61 Å². The van der Waals surface area contributed by atoms with Crippen LogP contribution in [0.3, 0.4) is 0 Å². The van der Waals surface area contributed by atoms with Crippen molar-refractivity contribution < 1.29 is 14.6 Å². The first-order valence-electron chi connectivity index (χ1n) is 10.1. The van der Waals surface area contributed by atoms with Gasteiger partial charge in [-0.25, -0.2) is 0 Å². The average molecular weight is 400 g/mol. The normalized spacial score (nSPS) is 21.9. The lowest BCUT2D eigenvalue weighted by atomic mass is 9.92. The number of rotatable bonds is 6. The first kappa shape index (κ1) is 19.3. The highest BCUT2D eigenvalue weighted by Crippen LogP contribution is 2.35. The maximum Gasteiger partial charge on any atom is 0.251 e. The molecule has 2 aliphatic carbocycles. The zero-order valence-electron chi connectivity index (χ0n) is 15.9. The summed E-state index contributed by atoms with van der Waals surface area (Å²) in [4.78, 5) is 12.8. The van der Waals surface area contributed by atoms with Crippen LogP contribution in [0.1, 0.15) is 48.9 Å². The molecule has 2 atom stereocenters. The van der Waals surface area contributed by atoms with Crippen LogP contribution in [0.5, 0.6) is 5.75 Å². The minimum absolute atomic E-state index is 0.157. The molecule has 1 amide bonds. The number of carbonyl (C=O) groups is 1. The number of halogens is 1. The fourth-order valence-electron chi connectivity index (χ4n) is 3.68. The second-order valence-electron chi connectivity index (χ2n) is 7.90. The van der Waals surface area contributed by atoms with Crippen molar-refractivity contribution in [1.29, 1.82) is 0 Å². The minimum atomic E-state index is -0.463. The summed E-state index contributed by atoms with van der Waals surface area (Å²) in [6.45, 7) is 0.709. The number of nitrogens with one attached hydrogen (secondary N) is 1. The van der Waals surface area contributed by atoms with Gasteiger partial charge in [0.25, 0.3) is 5.91 Å². The summed E-state index contributed by atoms with van der Waals surface area (Å²) in [6, 6.07) is 12.9. The van der Waals surface area contributed by atoms with Crippen LogP contribution in [0.15, 0.2) is 42.5 Å². The van der Waals surface area contributed by atoms with Crippen LogP contribution in [-0.2, 0) is 0 Å². The summed E-state index contributed by atoms with van der Waals surface area (Å²) in [6.07, 6.45) is 5.59. The van der Waals surface area contributed by atoms with E-state index in [1.807, 2.05) is 36.4 Å². The summed E-state index contributed by atoms with van der Waals surface area (Å²) in [5.74, 6) is 1.27. The molecule has 2 N–H and O–H groups in total. The predicted molar refractivity (Wildman–Crippen MR) is 111 cm³/mol. The standard InChI is InChI=1S/C23H26ClNO3/c24-18-10-7-16(8-11-18)19-13-17(9-12-22(19)28-14-15-5-6-15)23(27)25-20-3-1-2-4-21(20)26/h7-13,15,20-21,26H,1-6,14H2,(H,25,27)/t20-,21-/m1/s1. The van der Waals surface area contributed by atoms with E-state index in [0.29, 0.717) is 23.1 Å². The number of aliphatic hydroxyl groups excluding tert-OH is 1. The maximum absolute atomic E-state index is 12.8. The minimum Gasteiger partial charge on any atom is -0.493 e. The Morgan fingerprint density at radius 1 is 1.07 bits per heavy atom. The highest BCUT2D eigenvalue weighted by atomic mass is 35.5. The van der Waals surface area contributed by atoms with Crippen molar-refractivity contribution in [2.45, 2.75) is 50.7 Å². The van der Waals surface area contributed by atoms with Gasteiger partial charge in [0.05, 0.1) is 18.8 Å². The summed E-state index contributed by atoms with van der Waals surface area (Å²) in [5.41, 5.74) is 2.42. The van der Waals surface area contributed by atoms with E-state index in [2.05, 4.69) is 5.32 Å². The molecule has 0 aromatic heterocycles. The molecule has 0 radical (unpaired) electrons. The van der Waals surface area contributed by atoms with Gasteiger partial charge in [-0.1, -0.05) is 36.6 Å². The summed E-state index contributed by atoms with van der Waals surface area (Å²) in [7, 11) is 0. The molecular weight excluding hydrogens is 374 g/mol. The molecule has 4 rings (SSSR count). The molecule has 0 saturated heterocycles. The van der Waals surface area contributed by atoms with Crippen LogP contribution in [0, 0.1) is 5.92 Å². The lowest BCUT2D eigenvalue weighted by molar-refractivity contribution is 0.0717. The van der Waals surface area contributed by atoms with Crippen molar-refractivity contribution in [3.8, 4) is 16.9 Å². The fraction of sp³-hybridized carbons (Fsp3) is 0.435. The molecule has 2 fully saturated rings. The fourth-order valence-corrected chi connectivity index (χ4v) is 3.80. The highest BCUT2D eigenvalue weighted by Gasteiger charge is 2.26. The van der Waals surface area contributed by atoms with Crippen molar-refractivity contribution in [3.05, 3.63) is 53.1 Å². The Bertz CT molecular complexity index is 832. The SMILES string of the molecule is O=C(N[C@@H]1CCCC[C@H]1O)c1ccc(OCC2CC2)c(-c2ccc(Cl)cc2)c1. The first-order chi connectivity index (χ1) is 13.6. The number of carbonyl (C=O) groups excluding carboxylic acids is 1. The molecule has 2 saturated carbocycles. The second-order valence-corrected chi connectivity index (χ2v) is 8.34. The largest absolute Gasteiger partial charge is 0.493 e. The van der Waals surface area contributed by atoms with Crippen LogP contribution in [0.2, 0.25) is 5.02 Å². The molecule has 5 heteroatoms. The predicted octanol–water partition coefficient (Wildman–Crippen LogP) is 4.83. The van der Waals surface area contributed by atoms with Crippen LogP contribution in [0.25, 0.3) is 11.1 Å². The monoisotopic (exact) mass is 399 g/mol. The molecule has 4 nitrogen and oxygen atoms in total. The Morgan fingerprint density at radius 2 is 1.82 bits per heavy atom. The molecule has 0 heterocycles. The third-order valence-electron chi connectivity index (χ3n) is 5.61. The number of ether oxygens (including phenoxy) is 1. The van der Waals surface area contributed by atoms with Gasteiger partial charge in [-0.2, -0.15) is 0 Å². The zero-order valence-corrected chi connectivity index (χ0v) is 16.6. The maximum atomic E-state index is 12.8. The molecular formula is C23H26ClNO3. The molecule has 0 spiro atoms. The molecule has 0 bridgehead atoms. The zero-order chi connectivity index (χ0) is 19.5. The molecule has 0 aliphatic heterocycles. The van der Waals surface area contributed by atoms with E-state index in [-0.39, 0.29) is 11.9 Å². The Kier molecular flexibility index (Phi) is 5.88. The quantitative estimate of drug-likeness (QED) is 0.731. The molecule has 28 heavy (non-hydrogen) atoms. The van der Waals surface area contributed by atoms with Crippen LogP contribution in [0.4, 0.5) is 0 Å². The third-order valence-corrected chi connectivity index (χ3v) is 5.87. The van der Waals surface area contributed by atoms with Gasteiger partial charge in [-0.3, -0.25) is 4.79 Å². The van der Waals surface area contributed by atoms with Gasteiger partial charge in [0.1, 0.15) is 5.75 Å². The van der Waals surface area contributed by atoms with Gasteiger partial charge in [0.15, 0.2) is 0 Å². The van der Waals surface area contributed by atoms with Crippen molar-refractivity contribution in [1.82, 2.24) is 5.32 Å². The summed E-state index contributed by atoms with van der Waals surface area (Å²) < 4.78 is 6.04. The summed E-state index contributed by atoms with van der Waals surface area (Å²) in [5, 5.41) is 13.8. The first-order valence-corrected chi connectivity index (χ1v) is 10.5. The van der Waals surface area contributed by atoms with E-state index < -0.39 is 6.10 Å². The van der Waals surface area contributed by atoms with Crippen molar-refractivity contribution in [3.63, 3.8) is 0 Å². The van der Waals surface area contributed by atoms with Gasteiger partial charge in [-0.05, 0) is 67.5 Å². The Balaban J connectivity index is 1.57. The second kappa shape index (κ2) is 8.54. The van der Waals surface area contributed by atoms with Gasteiger partial charge >= 0.3 is 0 Å². The topological polar surface area (TPSA) is 58.6 Å². The lowest BCUT2D eigenvalue weighted by Crippen LogP contribution is -2.45. The number of hydrogen-bond donors (Lipinski definition) is 2. The van der Waals surface area contributed by atoms with Crippen molar-refractivity contribution >= 4 is 17.5 Å². The summed E-state index contributed by atoms with van der Waals surface area (Å²) >= 11 is 6.03. The Hall–Kier alpha value is -2.04. The Labute approximate surface area is 170 Å². The third kappa shape index (κ3) is 4.68. The van der Waals surface area contributed by atoms with Crippen molar-refractivity contribution in [2.24, 2.45) is 5.92 Å². The van der Waals surface area contributed by atoms with Crippen LogP contribution >= 0.6 is 11.6 Å². The van der Waals surface area contributed by atoms with E-state index in [9.17, 15) is 9.90 Å². The molecule has 0 unspecified atom stereocenters. The molecule has 2 aromatic rings. The smallest absolute Gasteiger partial charge is 0.251 e. The molecule has 2 aromatic carbocycles. The molecule has 2 aliphatic rings. The Morgan fingerprint density at radius 3 is 2.54 bits per heavy atom. The molecule has 148 valence electrons. The number of amides is 1. The van der Waals surface area contributed by atoms with E-state index in [4.69, 9.17) is 16.3 Å². The van der Waals surface area contributed by atoms with E-state index in [1.165, 1.54) is 12.8 Å². The van der Waals surface area contributed by atoms with Gasteiger partial charge < -0.3 is 15.2 Å². The van der Waals surface area contributed by atoms with E-state index >= 15 is 0 Å². The number of benzene rings is 2. The van der Waals surface area contributed by atoms with Crippen LogP contribution in [-0.4, -0.2) is 29.8 Å². The number of aliphatic hydroxyl groups is 1. The van der Waals surface area contributed by atoms with Crippen LogP contribution < -0.4 is 10.1 Å². The van der Waals surface area contributed by atoms with Gasteiger partial charge in [0.2, 0.25) is 0 Å². The average Bonchev–Trinajstić information content (AvgIpc) is 3.53. The van der Waals surface area contributed by atoms with Gasteiger partial charge in [-0.15, -0.1) is 0 Å². The number of hydrogen-bond acceptors (Lipinski definition) is 3. The van der Waals surface area contributed by atoms with E-state index in [1.54, 1.807) is 6.07 Å². The highest BCUT2D eigenvalue weighted by molar-refractivity contribution is 6.30. The van der Waals surface area contributed by atoms with Gasteiger partial charge in [0, 0.05) is 16.1 Å². The lowest BCUT2D eigenvalue weighted by Gasteiger charge is -2.28. The van der Waals surface area contributed by atoms with E-state index in [0.717, 1.165) is 42.6 Å².